The van der Waals surface area contributed by atoms with Gasteiger partial charge in [-0.25, -0.2) is 13.2 Å². The van der Waals surface area contributed by atoms with E-state index in [2.05, 4.69) is 10.3 Å². The fraction of sp³-hybridized carbons (Fsp3) is 0.333. The number of hydrogen-bond acceptors (Lipinski definition) is 5. The third-order valence-corrected chi connectivity index (χ3v) is 6.68. The minimum absolute atomic E-state index is 0.283. The largest absolute Gasteiger partial charge is 0.496 e. The highest BCUT2D eigenvalue weighted by Gasteiger charge is 2.32. The molecule has 0 aliphatic carbocycles. The van der Waals surface area contributed by atoms with Crippen LogP contribution in [-0.2, 0) is 11.9 Å². The molecule has 2 aromatic carbocycles. The van der Waals surface area contributed by atoms with Gasteiger partial charge in [-0.2, -0.15) is 5.10 Å². The third-order valence-electron chi connectivity index (χ3n) is 6.68. The molecule has 2 aliphatic rings. The first-order valence-corrected chi connectivity index (χ1v) is 11.9. The molecule has 2 aliphatic heterocycles. The Kier molecular flexibility index (Phi) is 6.47. The summed E-state index contributed by atoms with van der Waals surface area (Å²) in [5.74, 6) is -2.51. The van der Waals surface area contributed by atoms with E-state index in [-0.39, 0.29) is 12.6 Å². The summed E-state index contributed by atoms with van der Waals surface area (Å²) in [6.45, 7) is 2.89. The van der Waals surface area contributed by atoms with Crippen molar-refractivity contribution in [1.29, 1.82) is 0 Å². The molecule has 188 valence electrons. The summed E-state index contributed by atoms with van der Waals surface area (Å²) in [5, 5.41) is 8.78. The highest BCUT2D eigenvalue weighted by molar-refractivity contribution is 6.02. The second-order valence-electron chi connectivity index (χ2n) is 9.08. The van der Waals surface area contributed by atoms with Gasteiger partial charge in [0, 0.05) is 37.3 Å². The summed E-state index contributed by atoms with van der Waals surface area (Å²) in [6, 6.07) is 7.73. The van der Waals surface area contributed by atoms with Gasteiger partial charge in [0.2, 0.25) is 0 Å². The Morgan fingerprint density at radius 2 is 1.89 bits per heavy atom. The number of aromatic nitrogens is 2. The van der Waals surface area contributed by atoms with Crippen LogP contribution < -0.4 is 4.74 Å². The Balaban J connectivity index is 1.49. The maximum atomic E-state index is 14.0. The number of hydrogen-bond donors (Lipinski definition) is 0. The lowest BCUT2D eigenvalue weighted by molar-refractivity contribution is 0.140. The van der Waals surface area contributed by atoms with Gasteiger partial charge in [0.1, 0.15) is 12.4 Å². The molecule has 1 fully saturated rings. The SMILES string of the molecule is COc1cc(/C=C2\CCCN3C2=NOCCC3c2cc(F)c(F)c(F)c2)ccc1-c1cn(C)nc1C. The van der Waals surface area contributed by atoms with Crippen molar-refractivity contribution in [1.82, 2.24) is 14.7 Å². The molecule has 3 heterocycles. The van der Waals surface area contributed by atoms with E-state index < -0.39 is 17.5 Å². The minimum atomic E-state index is -1.46. The molecule has 1 unspecified atom stereocenters. The van der Waals surface area contributed by atoms with Crippen molar-refractivity contribution >= 4 is 11.9 Å². The molecule has 3 aromatic rings. The van der Waals surface area contributed by atoms with Crippen molar-refractivity contribution in [3.05, 3.63) is 76.4 Å². The Morgan fingerprint density at radius 1 is 1.11 bits per heavy atom. The number of aryl methyl sites for hydroxylation is 2. The summed E-state index contributed by atoms with van der Waals surface area (Å²) < 4.78 is 49.1. The van der Waals surface area contributed by atoms with E-state index in [1.54, 1.807) is 11.8 Å². The standard InChI is InChI=1S/C27H27F3N4O2/c1-16-21(15-33(2)31-16)20-7-6-17(12-25(20)35-3)11-18-5-4-9-34-24(8-10-36-32-27(18)34)19-13-22(28)26(30)23(29)14-19/h6-7,11-15,24H,4-5,8-10H2,1-3H3/b18-11+. The van der Waals surface area contributed by atoms with Crippen molar-refractivity contribution in [3.63, 3.8) is 0 Å². The van der Waals surface area contributed by atoms with Gasteiger partial charge in [0.15, 0.2) is 23.3 Å². The van der Waals surface area contributed by atoms with E-state index in [1.165, 1.54) is 0 Å². The van der Waals surface area contributed by atoms with Crippen LogP contribution in [0.2, 0.25) is 0 Å². The summed E-state index contributed by atoms with van der Waals surface area (Å²) in [5.41, 5.74) is 5.10. The normalized spacial score (nSPS) is 18.9. The van der Waals surface area contributed by atoms with E-state index in [9.17, 15) is 13.2 Å². The Hall–Kier alpha value is -3.75. The van der Waals surface area contributed by atoms with Crippen molar-refractivity contribution < 1.29 is 22.7 Å². The van der Waals surface area contributed by atoms with E-state index in [4.69, 9.17) is 9.57 Å². The molecule has 36 heavy (non-hydrogen) atoms. The van der Waals surface area contributed by atoms with E-state index in [0.717, 1.165) is 58.7 Å². The number of amidine groups is 1. The maximum Gasteiger partial charge on any atom is 0.194 e. The molecule has 1 saturated heterocycles. The number of benzene rings is 2. The van der Waals surface area contributed by atoms with E-state index in [0.29, 0.717) is 24.4 Å². The molecule has 9 heteroatoms. The van der Waals surface area contributed by atoms with E-state index in [1.807, 2.05) is 49.3 Å². The first-order valence-electron chi connectivity index (χ1n) is 11.9. The zero-order valence-corrected chi connectivity index (χ0v) is 20.4. The van der Waals surface area contributed by atoms with Crippen molar-refractivity contribution in [2.45, 2.75) is 32.2 Å². The van der Waals surface area contributed by atoms with Crippen LogP contribution in [0.1, 0.15) is 42.1 Å². The smallest absolute Gasteiger partial charge is 0.194 e. The number of fused-ring (bicyclic) bond motifs is 1. The van der Waals surface area contributed by atoms with Gasteiger partial charge in [-0.3, -0.25) is 4.68 Å². The van der Waals surface area contributed by atoms with Crippen LogP contribution >= 0.6 is 0 Å². The van der Waals surface area contributed by atoms with Gasteiger partial charge >= 0.3 is 0 Å². The summed E-state index contributed by atoms with van der Waals surface area (Å²) in [6.07, 6.45) is 6.06. The monoisotopic (exact) mass is 496 g/mol. The van der Waals surface area contributed by atoms with Crippen LogP contribution in [0.15, 0.2) is 47.3 Å². The van der Waals surface area contributed by atoms with Crippen LogP contribution in [-0.4, -0.2) is 40.8 Å². The van der Waals surface area contributed by atoms with Crippen molar-refractivity contribution in [2.75, 3.05) is 20.3 Å². The fourth-order valence-electron chi connectivity index (χ4n) is 5.02. The second kappa shape index (κ2) is 9.72. The predicted octanol–water partition coefficient (Wildman–Crippen LogP) is 5.78. The average molecular weight is 497 g/mol. The molecule has 0 bridgehead atoms. The lowest BCUT2D eigenvalue weighted by Crippen LogP contribution is -2.39. The molecule has 5 rings (SSSR count). The van der Waals surface area contributed by atoms with Crippen LogP contribution in [0.25, 0.3) is 17.2 Å². The van der Waals surface area contributed by atoms with Crippen molar-refractivity contribution in [2.24, 2.45) is 12.2 Å². The lowest BCUT2D eigenvalue weighted by atomic mass is 9.94. The Labute approximate surface area is 207 Å². The summed E-state index contributed by atoms with van der Waals surface area (Å²) >= 11 is 0. The zero-order valence-electron chi connectivity index (χ0n) is 20.4. The predicted molar refractivity (Wildman–Crippen MR) is 131 cm³/mol. The second-order valence-corrected chi connectivity index (χ2v) is 9.08. The summed E-state index contributed by atoms with van der Waals surface area (Å²) in [4.78, 5) is 7.51. The highest BCUT2D eigenvalue weighted by atomic mass is 19.2. The van der Waals surface area contributed by atoms with Crippen LogP contribution in [0.5, 0.6) is 5.75 Å². The number of methoxy groups -OCH3 is 1. The zero-order chi connectivity index (χ0) is 25.4. The molecule has 0 amide bonds. The fourth-order valence-corrected chi connectivity index (χ4v) is 5.02. The van der Waals surface area contributed by atoms with Crippen LogP contribution in [0.4, 0.5) is 13.2 Å². The minimum Gasteiger partial charge on any atom is -0.496 e. The Bertz CT molecular complexity index is 1340. The molecule has 1 aromatic heterocycles. The lowest BCUT2D eigenvalue weighted by Gasteiger charge is -2.36. The third kappa shape index (κ3) is 4.45. The number of nitrogens with zero attached hydrogens (tertiary/aromatic N) is 4. The number of rotatable bonds is 4. The molecule has 0 radical (unpaired) electrons. The van der Waals surface area contributed by atoms with Gasteiger partial charge < -0.3 is 14.5 Å². The molecule has 0 spiro atoms. The number of piperidine rings is 1. The Morgan fingerprint density at radius 3 is 2.58 bits per heavy atom. The molecule has 1 atom stereocenters. The molecular formula is C27H27F3N4O2. The molecule has 0 saturated carbocycles. The first kappa shape index (κ1) is 24.0. The van der Waals surface area contributed by atoms with Crippen molar-refractivity contribution in [3.8, 4) is 16.9 Å². The number of ether oxygens (including phenoxy) is 1. The van der Waals surface area contributed by atoms with Crippen LogP contribution in [0, 0.1) is 24.4 Å². The molecular weight excluding hydrogens is 469 g/mol. The van der Waals surface area contributed by atoms with E-state index >= 15 is 0 Å². The first-order chi connectivity index (χ1) is 17.4. The van der Waals surface area contributed by atoms with Gasteiger partial charge in [0.05, 0.1) is 18.8 Å². The van der Waals surface area contributed by atoms with Gasteiger partial charge in [-0.15, -0.1) is 0 Å². The topological polar surface area (TPSA) is 51.9 Å². The van der Waals surface area contributed by atoms with Gasteiger partial charge in [-0.05, 0) is 66.8 Å². The quantitative estimate of drug-likeness (QED) is 0.430. The van der Waals surface area contributed by atoms with Gasteiger partial charge in [0.25, 0.3) is 0 Å². The highest BCUT2D eigenvalue weighted by Crippen LogP contribution is 2.36. The number of oxime groups is 1. The van der Waals surface area contributed by atoms with Gasteiger partial charge in [-0.1, -0.05) is 11.2 Å². The maximum absolute atomic E-state index is 14.0. The average Bonchev–Trinajstić information content (AvgIpc) is 3.06. The molecule has 0 N–H and O–H groups in total. The van der Waals surface area contributed by atoms with Crippen LogP contribution in [0.3, 0.4) is 0 Å². The number of halogens is 3. The molecule has 6 nitrogen and oxygen atoms in total. The summed E-state index contributed by atoms with van der Waals surface area (Å²) in [7, 11) is 3.52.